The molecule has 0 radical (unpaired) electrons. The summed E-state index contributed by atoms with van der Waals surface area (Å²) in [5.74, 6) is -0.744. The monoisotopic (exact) mass is 216 g/mol. The summed E-state index contributed by atoms with van der Waals surface area (Å²) in [5, 5.41) is 14.2. The van der Waals surface area contributed by atoms with Crippen molar-refractivity contribution in [1.29, 1.82) is 0 Å². The Morgan fingerprint density at radius 1 is 1.07 bits per heavy atom. The van der Waals surface area contributed by atoms with E-state index in [0.717, 1.165) is 32.4 Å². The summed E-state index contributed by atoms with van der Waals surface area (Å²) in [6, 6.07) is 0. The molecule has 0 spiro atoms. The van der Waals surface area contributed by atoms with Gasteiger partial charge in [0.2, 0.25) is 5.91 Å². The summed E-state index contributed by atoms with van der Waals surface area (Å²) in [4.78, 5) is 20.7. The van der Waals surface area contributed by atoms with Crippen molar-refractivity contribution >= 4 is 11.9 Å². The van der Waals surface area contributed by atoms with Gasteiger partial charge < -0.3 is 15.7 Å². The molecule has 15 heavy (non-hydrogen) atoms. The normalized spacial score (nSPS) is 9.93. The van der Waals surface area contributed by atoms with Crippen molar-refractivity contribution in [2.24, 2.45) is 0 Å². The maximum Gasteiger partial charge on any atom is 0.303 e. The zero-order valence-corrected chi connectivity index (χ0v) is 9.21. The number of rotatable bonds is 9. The Balaban J connectivity index is 2.99. The van der Waals surface area contributed by atoms with Gasteiger partial charge in [0.05, 0.1) is 0 Å². The minimum absolute atomic E-state index is 0.0155. The summed E-state index contributed by atoms with van der Waals surface area (Å²) >= 11 is 0. The Kier molecular flexibility index (Phi) is 8.76. The van der Waals surface area contributed by atoms with Crippen molar-refractivity contribution in [1.82, 2.24) is 10.6 Å². The van der Waals surface area contributed by atoms with Gasteiger partial charge in [-0.25, -0.2) is 0 Å². The first-order valence-electron chi connectivity index (χ1n) is 5.30. The Morgan fingerprint density at radius 2 is 1.80 bits per heavy atom. The maximum atomic E-state index is 10.5. The highest BCUT2D eigenvalue weighted by Gasteiger charge is 1.96. The van der Waals surface area contributed by atoms with Crippen LogP contribution in [0.1, 0.15) is 32.6 Å². The van der Waals surface area contributed by atoms with Crippen molar-refractivity contribution in [3.63, 3.8) is 0 Å². The molecule has 0 saturated carbocycles. The molecule has 0 bridgehead atoms. The van der Waals surface area contributed by atoms with Crippen LogP contribution in [0.2, 0.25) is 0 Å². The van der Waals surface area contributed by atoms with Crippen LogP contribution < -0.4 is 10.6 Å². The molecule has 0 unspecified atom stereocenters. The van der Waals surface area contributed by atoms with Gasteiger partial charge in [-0.2, -0.15) is 0 Å². The van der Waals surface area contributed by atoms with Crippen LogP contribution >= 0.6 is 0 Å². The van der Waals surface area contributed by atoms with E-state index in [2.05, 4.69) is 10.6 Å². The number of carboxylic acid groups (broad SMARTS) is 1. The van der Waals surface area contributed by atoms with Gasteiger partial charge in [0, 0.05) is 26.4 Å². The van der Waals surface area contributed by atoms with E-state index in [0.29, 0.717) is 6.54 Å². The third-order valence-corrected chi connectivity index (χ3v) is 1.92. The average molecular weight is 216 g/mol. The van der Waals surface area contributed by atoms with E-state index in [1.165, 1.54) is 6.92 Å². The molecule has 1 amide bonds. The second-order valence-electron chi connectivity index (χ2n) is 3.44. The fraction of sp³-hybridized carbons (Fsp3) is 0.800. The Hall–Kier alpha value is -1.10. The molecule has 5 heteroatoms. The second-order valence-corrected chi connectivity index (χ2v) is 3.44. The van der Waals surface area contributed by atoms with E-state index in [-0.39, 0.29) is 12.3 Å². The Labute approximate surface area is 90.2 Å². The van der Waals surface area contributed by atoms with Crippen LogP contribution in [0.15, 0.2) is 0 Å². The molecule has 0 aliphatic heterocycles. The topological polar surface area (TPSA) is 78.4 Å². The fourth-order valence-electron chi connectivity index (χ4n) is 1.15. The van der Waals surface area contributed by atoms with Crippen LogP contribution in [0, 0.1) is 0 Å². The minimum Gasteiger partial charge on any atom is -0.481 e. The van der Waals surface area contributed by atoms with Crippen molar-refractivity contribution < 1.29 is 14.7 Å². The molecule has 0 heterocycles. The number of hydrogen-bond acceptors (Lipinski definition) is 3. The van der Waals surface area contributed by atoms with Gasteiger partial charge in [-0.15, -0.1) is 0 Å². The largest absolute Gasteiger partial charge is 0.481 e. The van der Waals surface area contributed by atoms with Crippen LogP contribution in [0.3, 0.4) is 0 Å². The van der Waals surface area contributed by atoms with Gasteiger partial charge in [-0.1, -0.05) is 6.42 Å². The predicted octanol–water partition coefficient (Wildman–Crippen LogP) is 0.357. The first kappa shape index (κ1) is 13.9. The number of aliphatic carboxylic acids is 1. The van der Waals surface area contributed by atoms with E-state index in [1.54, 1.807) is 0 Å². The molecule has 0 atom stereocenters. The predicted molar refractivity (Wildman–Crippen MR) is 57.7 cm³/mol. The van der Waals surface area contributed by atoms with Gasteiger partial charge in [0.15, 0.2) is 0 Å². The lowest BCUT2D eigenvalue weighted by molar-refractivity contribution is -0.137. The SMILES string of the molecule is CC(=O)NCCNCCCCCC(=O)O. The second kappa shape index (κ2) is 9.45. The van der Waals surface area contributed by atoms with E-state index in [9.17, 15) is 9.59 Å². The van der Waals surface area contributed by atoms with Gasteiger partial charge in [-0.3, -0.25) is 9.59 Å². The standard InChI is InChI=1S/C10H20N2O3/c1-9(13)12-8-7-11-6-4-2-3-5-10(14)15/h11H,2-8H2,1H3,(H,12,13)(H,14,15). The van der Waals surface area contributed by atoms with Crippen LogP contribution in [0.25, 0.3) is 0 Å². The van der Waals surface area contributed by atoms with Gasteiger partial charge in [0.25, 0.3) is 0 Å². The molecule has 5 nitrogen and oxygen atoms in total. The number of unbranched alkanes of at least 4 members (excludes halogenated alkanes) is 2. The van der Waals surface area contributed by atoms with Crippen LogP contribution in [-0.2, 0) is 9.59 Å². The number of carbonyl (C=O) groups is 2. The maximum absolute atomic E-state index is 10.5. The molecule has 0 fully saturated rings. The third kappa shape index (κ3) is 12.9. The number of carbonyl (C=O) groups excluding carboxylic acids is 1. The van der Waals surface area contributed by atoms with E-state index < -0.39 is 5.97 Å². The van der Waals surface area contributed by atoms with Crippen molar-refractivity contribution in [2.75, 3.05) is 19.6 Å². The Bertz CT molecular complexity index is 175. The molecule has 0 aromatic rings. The zero-order chi connectivity index (χ0) is 11.5. The average Bonchev–Trinajstić information content (AvgIpc) is 2.14. The minimum atomic E-state index is -0.728. The summed E-state index contributed by atoms with van der Waals surface area (Å²) in [5.41, 5.74) is 0. The van der Waals surface area contributed by atoms with Gasteiger partial charge >= 0.3 is 5.97 Å². The van der Waals surface area contributed by atoms with E-state index >= 15 is 0 Å². The number of hydrogen-bond donors (Lipinski definition) is 3. The van der Waals surface area contributed by atoms with E-state index in [4.69, 9.17) is 5.11 Å². The lowest BCUT2D eigenvalue weighted by Crippen LogP contribution is -2.30. The van der Waals surface area contributed by atoms with Gasteiger partial charge in [0.1, 0.15) is 0 Å². The van der Waals surface area contributed by atoms with Crippen LogP contribution in [0.5, 0.6) is 0 Å². The smallest absolute Gasteiger partial charge is 0.303 e. The summed E-state index contributed by atoms with van der Waals surface area (Å²) in [6.45, 7) is 3.77. The first-order chi connectivity index (χ1) is 7.13. The number of carboxylic acids is 1. The molecule has 3 N–H and O–H groups in total. The third-order valence-electron chi connectivity index (χ3n) is 1.92. The summed E-state index contributed by atoms with van der Waals surface area (Å²) < 4.78 is 0. The van der Waals surface area contributed by atoms with E-state index in [1.807, 2.05) is 0 Å². The molecular formula is C10H20N2O3. The van der Waals surface area contributed by atoms with Crippen LogP contribution in [0.4, 0.5) is 0 Å². The molecule has 0 aliphatic carbocycles. The fourth-order valence-corrected chi connectivity index (χ4v) is 1.15. The highest BCUT2D eigenvalue weighted by atomic mass is 16.4. The quantitative estimate of drug-likeness (QED) is 0.486. The summed E-state index contributed by atoms with van der Waals surface area (Å²) in [7, 11) is 0. The van der Waals surface area contributed by atoms with Crippen LogP contribution in [-0.4, -0.2) is 36.6 Å². The highest BCUT2D eigenvalue weighted by molar-refractivity contribution is 5.72. The first-order valence-corrected chi connectivity index (χ1v) is 5.30. The Morgan fingerprint density at radius 3 is 2.40 bits per heavy atom. The van der Waals surface area contributed by atoms with Crippen molar-refractivity contribution in [3.8, 4) is 0 Å². The molecule has 88 valence electrons. The zero-order valence-electron chi connectivity index (χ0n) is 9.21. The van der Waals surface area contributed by atoms with Crippen molar-refractivity contribution in [2.45, 2.75) is 32.6 Å². The summed E-state index contributed by atoms with van der Waals surface area (Å²) in [6.07, 6.45) is 2.90. The molecule has 0 saturated heterocycles. The molecule has 0 aromatic carbocycles. The molecule has 0 aromatic heterocycles. The molecule has 0 rings (SSSR count). The lowest BCUT2D eigenvalue weighted by Gasteiger charge is -2.04. The lowest BCUT2D eigenvalue weighted by atomic mass is 10.2. The number of amides is 1. The molecular weight excluding hydrogens is 196 g/mol. The highest BCUT2D eigenvalue weighted by Crippen LogP contribution is 1.98. The van der Waals surface area contributed by atoms with Gasteiger partial charge in [-0.05, 0) is 19.4 Å². The number of nitrogens with one attached hydrogen (secondary N) is 2. The molecule has 0 aliphatic rings. The van der Waals surface area contributed by atoms with Crippen molar-refractivity contribution in [3.05, 3.63) is 0 Å².